The molecule has 0 aliphatic heterocycles. The number of amides is 1. The lowest BCUT2D eigenvalue weighted by Crippen LogP contribution is -2.24. The van der Waals surface area contributed by atoms with E-state index in [1.807, 2.05) is 19.2 Å². The Kier molecular flexibility index (Phi) is 4.04. The van der Waals surface area contributed by atoms with Crippen molar-refractivity contribution in [2.75, 3.05) is 6.54 Å². The van der Waals surface area contributed by atoms with Gasteiger partial charge in [0.2, 0.25) is 0 Å². The van der Waals surface area contributed by atoms with Gasteiger partial charge in [-0.1, -0.05) is 6.07 Å². The highest BCUT2D eigenvalue weighted by atomic mass is 16.1. The summed E-state index contributed by atoms with van der Waals surface area (Å²) < 4.78 is 0. The third-order valence-electron chi connectivity index (χ3n) is 4.20. The summed E-state index contributed by atoms with van der Waals surface area (Å²) in [6.45, 7) is 2.71. The third kappa shape index (κ3) is 3.15. The number of H-pyrrole nitrogens is 1. The molecule has 1 amide bonds. The van der Waals surface area contributed by atoms with Crippen molar-refractivity contribution in [2.24, 2.45) is 0 Å². The Bertz CT molecular complexity index is 645. The summed E-state index contributed by atoms with van der Waals surface area (Å²) >= 11 is 0. The van der Waals surface area contributed by atoms with Crippen LogP contribution in [0.5, 0.6) is 0 Å². The van der Waals surface area contributed by atoms with Crippen LogP contribution in [0.3, 0.4) is 0 Å². The van der Waals surface area contributed by atoms with Gasteiger partial charge in [0, 0.05) is 17.8 Å². The Morgan fingerprint density at radius 3 is 3.00 bits per heavy atom. The van der Waals surface area contributed by atoms with Gasteiger partial charge in [0.05, 0.1) is 6.20 Å². The lowest BCUT2D eigenvalue weighted by atomic mass is 10.1. The lowest BCUT2D eigenvalue weighted by Gasteiger charge is -2.07. The topological polar surface area (TPSA) is 57.8 Å². The Hall–Kier alpha value is -2.10. The van der Waals surface area contributed by atoms with Crippen LogP contribution in [0.15, 0.2) is 24.4 Å². The highest BCUT2D eigenvalue weighted by Crippen LogP contribution is 2.22. The highest BCUT2D eigenvalue weighted by molar-refractivity contribution is 5.94. The molecule has 0 saturated heterocycles. The number of hydrogen-bond acceptors (Lipinski definition) is 2. The molecule has 0 saturated carbocycles. The van der Waals surface area contributed by atoms with Gasteiger partial charge < -0.3 is 5.32 Å². The maximum absolute atomic E-state index is 12.1. The molecule has 3 rings (SSSR count). The van der Waals surface area contributed by atoms with Crippen molar-refractivity contribution < 1.29 is 4.79 Å². The quantitative estimate of drug-likeness (QED) is 0.829. The molecule has 4 nitrogen and oxygen atoms in total. The predicted molar refractivity (Wildman–Crippen MR) is 82.4 cm³/mol. The van der Waals surface area contributed by atoms with E-state index in [0.717, 1.165) is 36.9 Å². The molecule has 110 valence electrons. The highest BCUT2D eigenvalue weighted by Gasteiger charge is 2.13. The fraction of sp³-hybridized carbons (Fsp3) is 0.412. The first-order chi connectivity index (χ1) is 10.2. The number of nitrogens with zero attached hydrogens (tertiary/aromatic N) is 1. The largest absolute Gasteiger partial charge is 0.352 e. The first-order valence-corrected chi connectivity index (χ1v) is 7.63. The van der Waals surface area contributed by atoms with Crippen molar-refractivity contribution in [1.82, 2.24) is 15.5 Å². The van der Waals surface area contributed by atoms with E-state index in [9.17, 15) is 4.79 Å². The molecule has 21 heavy (non-hydrogen) atoms. The number of aryl methyl sites for hydroxylation is 4. The summed E-state index contributed by atoms with van der Waals surface area (Å²) in [6.07, 6.45) is 7.20. The van der Waals surface area contributed by atoms with Crippen LogP contribution in [0.25, 0.3) is 0 Å². The van der Waals surface area contributed by atoms with E-state index in [1.54, 1.807) is 0 Å². The van der Waals surface area contributed by atoms with Crippen LogP contribution in [0.1, 0.15) is 45.6 Å². The van der Waals surface area contributed by atoms with E-state index in [0.29, 0.717) is 6.54 Å². The van der Waals surface area contributed by atoms with Gasteiger partial charge in [-0.25, -0.2) is 0 Å². The van der Waals surface area contributed by atoms with Crippen LogP contribution in [-0.4, -0.2) is 22.6 Å². The maximum atomic E-state index is 12.1. The average Bonchev–Trinajstić information content (AvgIpc) is 3.11. The molecule has 4 heteroatoms. The van der Waals surface area contributed by atoms with Gasteiger partial charge >= 0.3 is 0 Å². The molecule has 0 spiro atoms. The number of carbonyl (C=O) groups excluding carboxylic acids is 1. The van der Waals surface area contributed by atoms with Gasteiger partial charge in [0.1, 0.15) is 0 Å². The average molecular weight is 283 g/mol. The zero-order valence-corrected chi connectivity index (χ0v) is 12.4. The van der Waals surface area contributed by atoms with Crippen LogP contribution in [0.2, 0.25) is 0 Å². The van der Waals surface area contributed by atoms with Gasteiger partial charge in [-0.2, -0.15) is 5.10 Å². The normalized spacial score (nSPS) is 13.2. The number of aromatic nitrogens is 2. The van der Waals surface area contributed by atoms with Gasteiger partial charge in [0.15, 0.2) is 0 Å². The van der Waals surface area contributed by atoms with Crippen LogP contribution >= 0.6 is 0 Å². The van der Waals surface area contributed by atoms with Crippen molar-refractivity contribution in [3.05, 3.63) is 52.3 Å². The number of benzene rings is 1. The Labute approximate surface area is 125 Å². The van der Waals surface area contributed by atoms with Crippen LogP contribution in [0, 0.1) is 6.92 Å². The SMILES string of the molecule is Cc1[nH]ncc1CCCNC(=O)c1ccc2c(c1)CCC2. The first-order valence-electron chi connectivity index (χ1n) is 7.63. The second-order valence-corrected chi connectivity index (χ2v) is 5.72. The number of aromatic amines is 1. The zero-order chi connectivity index (χ0) is 14.7. The number of rotatable bonds is 5. The number of hydrogen-bond donors (Lipinski definition) is 2. The van der Waals surface area contributed by atoms with Crippen molar-refractivity contribution in [3.8, 4) is 0 Å². The van der Waals surface area contributed by atoms with E-state index in [1.165, 1.54) is 23.1 Å². The van der Waals surface area contributed by atoms with Crippen molar-refractivity contribution in [2.45, 2.75) is 39.0 Å². The molecular formula is C17H21N3O. The summed E-state index contributed by atoms with van der Waals surface area (Å²) in [5.74, 6) is 0.0358. The summed E-state index contributed by atoms with van der Waals surface area (Å²) in [4.78, 5) is 12.1. The third-order valence-corrected chi connectivity index (χ3v) is 4.20. The number of nitrogens with one attached hydrogen (secondary N) is 2. The van der Waals surface area contributed by atoms with Crippen molar-refractivity contribution in [1.29, 1.82) is 0 Å². The fourth-order valence-corrected chi connectivity index (χ4v) is 2.92. The summed E-state index contributed by atoms with van der Waals surface area (Å²) in [5, 5.41) is 9.94. The zero-order valence-electron chi connectivity index (χ0n) is 12.4. The van der Waals surface area contributed by atoms with E-state index in [4.69, 9.17) is 0 Å². The molecular weight excluding hydrogens is 262 g/mol. The monoisotopic (exact) mass is 283 g/mol. The summed E-state index contributed by atoms with van der Waals surface area (Å²) in [7, 11) is 0. The molecule has 2 N–H and O–H groups in total. The number of carbonyl (C=O) groups is 1. The van der Waals surface area contributed by atoms with Crippen LogP contribution in [-0.2, 0) is 19.3 Å². The van der Waals surface area contributed by atoms with Gasteiger partial charge in [-0.05, 0) is 67.9 Å². The minimum Gasteiger partial charge on any atom is -0.352 e. The Balaban J connectivity index is 1.49. The smallest absolute Gasteiger partial charge is 0.251 e. The molecule has 1 aliphatic carbocycles. The Morgan fingerprint density at radius 2 is 2.19 bits per heavy atom. The van der Waals surface area contributed by atoms with Gasteiger partial charge in [-0.3, -0.25) is 9.89 Å². The first kappa shape index (κ1) is 13.9. The predicted octanol–water partition coefficient (Wildman–Crippen LogP) is 2.57. The fourth-order valence-electron chi connectivity index (χ4n) is 2.92. The molecule has 2 aromatic rings. The van der Waals surface area contributed by atoms with E-state index in [-0.39, 0.29) is 5.91 Å². The number of fused-ring (bicyclic) bond motifs is 1. The summed E-state index contributed by atoms with van der Waals surface area (Å²) in [5.41, 5.74) is 5.87. The van der Waals surface area contributed by atoms with Crippen LogP contribution in [0.4, 0.5) is 0 Å². The van der Waals surface area contributed by atoms with Gasteiger partial charge in [-0.15, -0.1) is 0 Å². The van der Waals surface area contributed by atoms with Crippen molar-refractivity contribution in [3.63, 3.8) is 0 Å². The standard InChI is InChI=1S/C17H21N3O/c1-12-16(11-19-20-12)6-3-9-18-17(21)15-8-7-13-4-2-5-14(13)10-15/h7-8,10-11H,2-6,9H2,1H3,(H,18,21)(H,19,20). The molecule has 0 radical (unpaired) electrons. The minimum atomic E-state index is 0.0358. The molecule has 0 atom stereocenters. The second-order valence-electron chi connectivity index (χ2n) is 5.72. The van der Waals surface area contributed by atoms with Crippen molar-refractivity contribution >= 4 is 5.91 Å². The molecule has 1 aromatic carbocycles. The van der Waals surface area contributed by atoms with Gasteiger partial charge in [0.25, 0.3) is 5.91 Å². The summed E-state index contributed by atoms with van der Waals surface area (Å²) in [6, 6.07) is 6.10. The van der Waals surface area contributed by atoms with E-state index >= 15 is 0 Å². The molecule has 1 aromatic heterocycles. The lowest BCUT2D eigenvalue weighted by molar-refractivity contribution is 0.0953. The van der Waals surface area contributed by atoms with Crippen LogP contribution < -0.4 is 5.32 Å². The molecule has 0 unspecified atom stereocenters. The minimum absolute atomic E-state index is 0.0358. The molecule has 1 heterocycles. The Morgan fingerprint density at radius 1 is 1.33 bits per heavy atom. The maximum Gasteiger partial charge on any atom is 0.251 e. The second kappa shape index (κ2) is 6.12. The molecule has 0 bridgehead atoms. The van der Waals surface area contributed by atoms with E-state index < -0.39 is 0 Å². The molecule has 1 aliphatic rings. The van der Waals surface area contributed by atoms with E-state index in [2.05, 4.69) is 27.6 Å². The molecule has 0 fully saturated rings.